The first kappa shape index (κ1) is 11.5. The Morgan fingerprint density at radius 2 is 2.22 bits per heavy atom. The number of fused-ring (bicyclic) bond motifs is 2. The number of benzene rings is 1. The lowest BCUT2D eigenvalue weighted by molar-refractivity contribution is 0.462. The normalized spacial score (nSPS) is 17.6. The molecule has 0 N–H and O–H groups in total. The van der Waals surface area contributed by atoms with Crippen LogP contribution in [0.15, 0.2) is 12.1 Å². The summed E-state index contributed by atoms with van der Waals surface area (Å²) < 4.78 is 1.11. The maximum Gasteiger partial charge on any atom is 0.195 e. The lowest BCUT2D eigenvalue weighted by Crippen LogP contribution is -2.34. The lowest BCUT2D eigenvalue weighted by Gasteiger charge is -2.38. The Hall–Kier alpha value is -1.60. The standard InChI is InChI=1S/C14H15N3S/c1-14(2)4-5-17(3)11-7-12-10(6-9(11)14)16-13(8-15)18-12/h6-7H,4-5H2,1-3H3. The molecule has 2 heterocycles. The Morgan fingerprint density at radius 1 is 1.44 bits per heavy atom. The highest BCUT2D eigenvalue weighted by atomic mass is 32.1. The summed E-state index contributed by atoms with van der Waals surface area (Å²) in [5.41, 5.74) is 3.77. The van der Waals surface area contributed by atoms with Gasteiger partial charge in [0.25, 0.3) is 0 Å². The number of hydrogen-bond acceptors (Lipinski definition) is 4. The smallest absolute Gasteiger partial charge is 0.195 e. The quantitative estimate of drug-likeness (QED) is 0.727. The first-order chi connectivity index (χ1) is 8.51. The molecule has 1 aromatic heterocycles. The van der Waals surface area contributed by atoms with Crippen molar-refractivity contribution >= 4 is 27.2 Å². The van der Waals surface area contributed by atoms with Gasteiger partial charge < -0.3 is 4.90 Å². The van der Waals surface area contributed by atoms with Crippen LogP contribution < -0.4 is 4.90 Å². The van der Waals surface area contributed by atoms with E-state index >= 15 is 0 Å². The van der Waals surface area contributed by atoms with E-state index in [4.69, 9.17) is 5.26 Å². The summed E-state index contributed by atoms with van der Waals surface area (Å²) in [6, 6.07) is 6.48. The molecule has 92 valence electrons. The highest BCUT2D eigenvalue weighted by molar-refractivity contribution is 7.19. The molecule has 3 nitrogen and oxygen atoms in total. The fourth-order valence-corrected chi connectivity index (χ4v) is 3.35. The van der Waals surface area contributed by atoms with Gasteiger partial charge >= 0.3 is 0 Å². The molecule has 1 aliphatic heterocycles. The minimum Gasteiger partial charge on any atom is -0.374 e. The second kappa shape index (κ2) is 3.69. The molecule has 1 aliphatic rings. The molecule has 3 rings (SSSR count). The summed E-state index contributed by atoms with van der Waals surface area (Å²) in [4.78, 5) is 6.67. The van der Waals surface area contributed by atoms with Crippen LogP contribution in [-0.2, 0) is 5.41 Å². The number of hydrogen-bond donors (Lipinski definition) is 0. The van der Waals surface area contributed by atoms with Crippen molar-refractivity contribution in [2.45, 2.75) is 25.7 Å². The number of nitrogens with zero attached hydrogens (tertiary/aromatic N) is 3. The maximum absolute atomic E-state index is 8.95. The van der Waals surface area contributed by atoms with Crippen LogP contribution >= 0.6 is 11.3 Å². The predicted octanol–water partition coefficient (Wildman–Crippen LogP) is 3.29. The van der Waals surface area contributed by atoms with Crippen molar-refractivity contribution in [3.05, 3.63) is 22.7 Å². The van der Waals surface area contributed by atoms with Gasteiger partial charge in [-0.25, -0.2) is 4.98 Å². The van der Waals surface area contributed by atoms with Crippen LogP contribution in [-0.4, -0.2) is 18.6 Å². The fourth-order valence-electron chi connectivity index (χ4n) is 2.57. The van der Waals surface area contributed by atoms with E-state index in [0.717, 1.165) is 23.2 Å². The van der Waals surface area contributed by atoms with Gasteiger partial charge in [0, 0.05) is 19.3 Å². The van der Waals surface area contributed by atoms with Crippen LogP contribution in [0.1, 0.15) is 30.8 Å². The summed E-state index contributed by atoms with van der Waals surface area (Å²) in [5.74, 6) is 0. The van der Waals surface area contributed by atoms with Crippen molar-refractivity contribution in [1.82, 2.24) is 4.98 Å². The molecule has 18 heavy (non-hydrogen) atoms. The van der Waals surface area contributed by atoms with Crippen LogP contribution in [0.3, 0.4) is 0 Å². The first-order valence-electron chi connectivity index (χ1n) is 6.07. The van der Waals surface area contributed by atoms with Crippen LogP contribution in [0.25, 0.3) is 10.2 Å². The lowest BCUT2D eigenvalue weighted by atomic mass is 9.78. The van der Waals surface area contributed by atoms with E-state index in [0.29, 0.717) is 5.01 Å². The Kier molecular flexibility index (Phi) is 2.36. The van der Waals surface area contributed by atoms with Crippen LogP contribution in [0.2, 0.25) is 0 Å². The van der Waals surface area contributed by atoms with E-state index < -0.39 is 0 Å². The van der Waals surface area contributed by atoms with E-state index in [9.17, 15) is 0 Å². The third kappa shape index (κ3) is 1.58. The minimum atomic E-state index is 0.187. The Balaban J connectivity index is 2.30. The first-order valence-corrected chi connectivity index (χ1v) is 6.89. The molecule has 0 radical (unpaired) electrons. The van der Waals surface area contributed by atoms with Crippen LogP contribution in [0.5, 0.6) is 0 Å². The van der Waals surface area contributed by atoms with Crippen molar-refractivity contribution in [2.24, 2.45) is 0 Å². The van der Waals surface area contributed by atoms with E-state index in [1.54, 1.807) is 0 Å². The second-order valence-corrected chi connectivity index (χ2v) is 6.55. The predicted molar refractivity (Wildman–Crippen MR) is 75.2 cm³/mol. The molecular formula is C14H15N3S. The highest BCUT2D eigenvalue weighted by Crippen LogP contribution is 2.41. The van der Waals surface area contributed by atoms with Crippen molar-refractivity contribution in [2.75, 3.05) is 18.5 Å². The van der Waals surface area contributed by atoms with Crippen molar-refractivity contribution in [3.63, 3.8) is 0 Å². The number of anilines is 1. The minimum absolute atomic E-state index is 0.187. The van der Waals surface area contributed by atoms with Gasteiger partial charge in [0.1, 0.15) is 6.07 Å². The van der Waals surface area contributed by atoms with E-state index in [2.05, 4.69) is 49.0 Å². The molecule has 0 saturated heterocycles. The molecule has 0 saturated carbocycles. The topological polar surface area (TPSA) is 39.9 Å². The third-order valence-electron chi connectivity index (χ3n) is 3.81. The summed E-state index contributed by atoms with van der Waals surface area (Å²) in [5, 5.41) is 9.50. The maximum atomic E-state index is 8.95. The monoisotopic (exact) mass is 257 g/mol. The number of thiazole rings is 1. The van der Waals surface area contributed by atoms with Crippen LogP contribution in [0.4, 0.5) is 5.69 Å². The zero-order valence-corrected chi connectivity index (χ0v) is 11.6. The van der Waals surface area contributed by atoms with Gasteiger partial charge in [-0.2, -0.15) is 5.26 Å². The molecule has 0 unspecified atom stereocenters. The second-order valence-electron chi connectivity index (χ2n) is 5.52. The average Bonchev–Trinajstić information content (AvgIpc) is 2.75. The Morgan fingerprint density at radius 3 is 2.94 bits per heavy atom. The van der Waals surface area contributed by atoms with Gasteiger partial charge in [0.15, 0.2) is 5.01 Å². The van der Waals surface area contributed by atoms with Gasteiger partial charge in [-0.15, -0.1) is 11.3 Å². The molecule has 0 amide bonds. The molecule has 0 atom stereocenters. The molecule has 1 aromatic carbocycles. The Bertz CT molecular complexity index is 663. The highest BCUT2D eigenvalue weighted by Gasteiger charge is 2.30. The van der Waals surface area contributed by atoms with Gasteiger partial charge in [-0.3, -0.25) is 0 Å². The van der Waals surface area contributed by atoms with E-state index in [1.165, 1.54) is 22.6 Å². The molecule has 0 fully saturated rings. The van der Waals surface area contributed by atoms with E-state index in [-0.39, 0.29) is 5.41 Å². The third-order valence-corrected chi connectivity index (χ3v) is 4.74. The fraction of sp³-hybridized carbons (Fsp3) is 0.429. The molecule has 4 heteroatoms. The zero-order chi connectivity index (χ0) is 12.9. The van der Waals surface area contributed by atoms with Gasteiger partial charge in [-0.05, 0) is 29.5 Å². The van der Waals surface area contributed by atoms with Crippen molar-refractivity contribution in [3.8, 4) is 6.07 Å². The number of aromatic nitrogens is 1. The summed E-state index contributed by atoms with van der Waals surface area (Å²) in [6.45, 7) is 5.64. The van der Waals surface area contributed by atoms with Gasteiger partial charge in [0.05, 0.1) is 10.2 Å². The zero-order valence-electron chi connectivity index (χ0n) is 10.8. The summed E-state index contributed by atoms with van der Waals surface area (Å²) >= 11 is 1.47. The molecule has 0 spiro atoms. The van der Waals surface area contributed by atoms with E-state index in [1.807, 2.05) is 0 Å². The van der Waals surface area contributed by atoms with Crippen molar-refractivity contribution in [1.29, 1.82) is 5.26 Å². The van der Waals surface area contributed by atoms with Crippen LogP contribution in [0, 0.1) is 11.3 Å². The average molecular weight is 257 g/mol. The molecule has 0 bridgehead atoms. The number of nitriles is 1. The molecule has 2 aromatic rings. The van der Waals surface area contributed by atoms with Gasteiger partial charge in [-0.1, -0.05) is 13.8 Å². The SMILES string of the molecule is CN1CCC(C)(C)c2cc3nc(C#N)sc3cc21. The number of rotatable bonds is 0. The van der Waals surface area contributed by atoms with Crippen molar-refractivity contribution < 1.29 is 0 Å². The largest absolute Gasteiger partial charge is 0.374 e. The summed E-state index contributed by atoms with van der Waals surface area (Å²) in [6.07, 6.45) is 1.15. The van der Waals surface area contributed by atoms with Gasteiger partial charge in [0.2, 0.25) is 0 Å². The molecular weight excluding hydrogens is 242 g/mol. The Labute approximate surface area is 111 Å². The molecule has 0 aliphatic carbocycles. The summed E-state index contributed by atoms with van der Waals surface area (Å²) in [7, 11) is 2.13.